The Labute approximate surface area is 149 Å². The lowest BCUT2D eigenvalue weighted by molar-refractivity contribution is -0.136. The number of sulfone groups is 1. The molecule has 25 heavy (non-hydrogen) atoms. The summed E-state index contributed by atoms with van der Waals surface area (Å²) in [6.45, 7) is 3.22. The van der Waals surface area contributed by atoms with Crippen molar-refractivity contribution >= 4 is 15.7 Å². The van der Waals surface area contributed by atoms with E-state index in [1.165, 1.54) is 0 Å². The second kappa shape index (κ2) is 7.86. The number of amides is 1. The van der Waals surface area contributed by atoms with Crippen LogP contribution in [0.25, 0.3) is 0 Å². The topological polar surface area (TPSA) is 75.5 Å². The van der Waals surface area contributed by atoms with E-state index in [4.69, 9.17) is 0 Å². The van der Waals surface area contributed by atoms with Gasteiger partial charge in [0, 0.05) is 44.5 Å². The molecule has 1 atom stereocenters. The van der Waals surface area contributed by atoms with E-state index in [-0.39, 0.29) is 17.9 Å². The van der Waals surface area contributed by atoms with E-state index in [1.54, 1.807) is 6.20 Å². The summed E-state index contributed by atoms with van der Waals surface area (Å²) in [5.74, 6) is 0.900. The van der Waals surface area contributed by atoms with Crippen LogP contribution in [-0.4, -0.2) is 78.1 Å². The molecule has 140 valence electrons. The molecule has 8 heteroatoms. The zero-order valence-corrected chi connectivity index (χ0v) is 15.7. The predicted octanol–water partition coefficient (Wildman–Crippen LogP) is 0.631. The van der Waals surface area contributed by atoms with Crippen molar-refractivity contribution in [3.8, 4) is 0 Å². The van der Waals surface area contributed by atoms with Crippen molar-refractivity contribution in [3.05, 3.63) is 18.5 Å². The molecule has 1 aromatic heterocycles. The number of carbonyl (C=O) groups is 1. The fourth-order valence-corrected chi connectivity index (χ4v) is 5.66. The van der Waals surface area contributed by atoms with Gasteiger partial charge in [-0.3, -0.25) is 14.4 Å². The van der Waals surface area contributed by atoms with Gasteiger partial charge >= 0.3 is 0 Å². The molecule has 0 bridgehead atoms. The summed E-state index contributed by atoms with van der Waals surface area (Å²) in [5, 5.41) is 4.17. The number of nitrogens with zero attached hydrogens (tertiary/aromatic N) is 4. The van der Waals surface area contributed by atoms with E-state index >= 15 is 0 Å². The Bertz CT molecular complexity index is 666. The van der Waals surface area contributed by atoms with Gasteiger partial charge in [-0.25, -0.2) is 8.42 Å². The van der Waals surface area contributed by atoms with Crippen molar-refractivity contribution in [1.29, 1.82) is 0 Å². The molecule has 1 amide bonds. The standard InChI is InChI=1S/C17H28N4O3S/c1-19(8-3-10-21-9-2-7-18-21)17(22)15-4-11-20(12-5-15)16-6-13-25(23,24)14-16/h2,7,9,15-16H,3-6,8,10-14H2,1H3/t16-/m0/s1. The third-order valence-electron chi connectivity index (χ3n) is 5.42. The normalized spacial score (nSPS) is 24.4. The Kier molecular flexibility index (Phi) is 5.78. The lowest BCUT2D eigenvalue weighted by Crippen LogP contribution is -2.45. The van der Waals surface area contributed by atoms with Gasteiger partial charge in [-0.05, 0) is 44.8 Å². The van der Waals surface area contributed by atoms with E-state index in [1.807, 2.05) is 28.9 Å². The molecule has 0 N–H and O–H groups in total. The number of aromatic nitrogens is 2. The van der Waals surface area contributed by atoms with Crippen LogP contribution in [0, 0.1) is 5.92 Å². The Morgan fingerprint density at radius 2 is 2.04 bits per heavy atom. The van der Waals surface area contributed by atoms with Crippen LogP contribution < -0.4 is 0 Å². The van der Waals surface area contributed by atoms with Gasteiger partial charge < -0.3 is 4.90 Å². The monoisotopic (exact) mass is 368 g/mol. The Morgan fingerprint density at radius 1 is 1.28 bits per heavy atom. The molecule has 0 unspecified atom stereocenters. The molecule has 0 saturated carbocycles. The van der Waals surface area contributed by atoms with Crippen LogP contribution in [0.4, 0.5) is 0 Å². The van der Waals surface area contributed by atoms with Gasteiger partial charge in [-0.15, -0.1) is 0 Å². The third kappa shape index (κ3) is 4.82. The van der Waals surface area contributed by atoms with E-state index < -0.39 is 9.84 Å². The molecular weight excluding hydrogens is 340 g/mol. The fourth-order valence-electron chi connectivity index (χ4n) is 3.90. The molecule has 2 saturated heterocycles. The van der Waals surface area contributed by atoms with Crippen molar-refractivity contribution in [2.45, 2.75) is 38.3 Å². The van der Waals surface area contributed by atoms with Gasteiger partial charge in [0.05, 0.1) is 11.5 Å². The van der Waals surface area contributed by atoms with Gasteiger partial charge in [0.1, 0.15) is 0 Å². The van der Waals surface area contributed by atoms with E-state index in [0.717, 1.165) is 51.9 Å². The molecule has 3 rings (SSSR count). The molecule has 3 heterocycles. The van der Waals surface area contributed by atoms with E-state index in [9.17, 15) is 13.2 Å². The minimum absolute atomic E-state index is 0.0731. The number of hydrogen-bond acceptors (Lipinski definition) is 5. The highest BCUT2D eigenvalue weighted by Crippen LogP contribution is 2.25. The van der Waals surface area contributed by atoms with Crippen LogP contribution in [0.2, 0.25) is 0 Å². The summed E-state index contributed by atoms with van der Waals surface area (Å²) < 4.78 is 25.2. The van der Waals surface area contributed by atoms with Crippen molar-refractivity contribution in [1.82, 2.24) is 19.6 Å². The second-order valence-electron chi connectivity index (χ2n) is 7.25. The summed E-state index contributed by atoms with van der Waals surface area (Å²) in [5.41, 5.74) is 0. The summed E-state index contributed by atoms with van der Waals surface area (Å²) in [6, 6.07) is 2.06. The fraction of sp³-hybridized carbons (Fsp3) is 0.765. The quantitative estimate of drug-likeness (QED) is 0.736. The number of carbonyl (C=O) groups excluding carboxylic acids is 1. The van der Waals surface area contributed by atoms with Crippen LogP contribution in [0.15, 0.2) is 18.5 Å². The van der Waals surface area contributed by atoms with Crippen LogP contribution >= 0.6 is 0 Å². The summed E-state index contributed by atoms with van der Waals surface area (Å²) in [6.07, 6.45) is 6.99. The first kappa shape index (κ1) is 18.4. The van der Waals surface area contributed by atoms with Crippen molar-refractivity contribution in [2.75, 3.05) is 38.2 Å². The summed E-state index contributed by atoms with van der Waals surface area (Å²) in [4.78, 5) is 16.7. The number of hydrogen-bond donors (Lipinski definition) is 0. The van der Waals surface area contributed by atoms with Gasteiger partial charge in [-0.2, -0.15) is 5.10 Å². The molecule has 0 aromatic carbocycles. The SMILES string of the molecule is CN(CCCn1cccn1)C(=O)C1CCN([C@H]2CCS(=O)(=O)C2)CC1. The van der Waals surface area contributed by atoms with Gasteiger partial charge in [0.2, 0.25) is 5.91 Å². The van der Waals surface area contributed by atoms with Gasteiger partial charge in [0.25, 0.3) is 0 Å². The maximum Gasteiger partial charge on any atom is 0.225 e. The molecule has 2 fully saturated rings. The molecule has 1 aromatic rings. The summed E-state index contributed by atoms with van der Waals surface area (Å²) >= 11 is 0. The number of aryl methyl sites for hydroxylation is 1. The summed E-state index contributed by atoms with van der Waals surface area (Å²) in [7, 11) is -0.965. The molecule has 0 radical (unpaired) electrons. The molecular formula is C17H28N4O3S. The Balaban J connectivity index is 1.40. The molecule has 7 nitrogen and oxygen atoms in total. The highest BCUT2D eigenvalue weighted by molar-refractivity contribution is 7.91. The van der Waals surface area contributed by atoms with Gasteiger partial charge in [0.15, 0.2) is 9.84 Å². The first-order valence-electron chi connectivity index (χ1n) is 9.11. The van der Waals surface area contributed by atoms with Crippen LogP contribution in [0.5, 0.6) is 0 Å². The lowest BCUT2D eigenvalue weighted by Gasteiger charge is -2.36. The molecule has 2 aliphatic heterocycles. The largest absolute Gasteiger partial charge is 0.345 e. The second-order valence-corrected chi connectivity index (χ2v) is 9.48. The number of rotatable bonds is 6. The maximum absolute atomic E-state index is 12.6. The van der Waals surface area contributed by atoms with Crippen LogP contribution in [0.3, 0.4) is 0 Å². The Hall–Kier alpha value is -1.41. The van der Waals surface area contributed by atoms with Crippen LogP contribution in [0.1, 0.15) is 25.7 Å². The van der Waals surface area contributed by atoms with Crippen molar-refractivity contribution in [2.24, 2.45) is 5.92 Å². The minimum Gasteiger partial charge on any atom is -0.345 e. The smallest absolute Gasteiger partial charge is 0.225 e. The van der Waals surface area contributed by atoms with E-state index in [2.05, 4.69) is 10.00 Å². The molecule has 0 spiro atoms. The van der Waals surface area contributed by atoms with Crippen molar-refractivity contribution in [3.63, 3.8) is 0 Å². The zero-order chi connectivity index (χ0) is 17.9. The minimum atomic E-state index is -2.84. The Morgan fingerprint density at radius 3 is 2.64 bits per heavy atom. The lowest BCUT2D eigenvalue weighted by atomic mass is 9.94. The zero-order valence-electron chi connectivity index (χ0n) is 14.9. The molecule has 2 aliphatic rings. The van der Waals surface area contributed by atoms with Gasteiger partial charge in [-0.1, -0.05) is 0 Å². The van der Waals surface area contributed by atoms with E-state index in [0.29, 0.717) is 11.5 Å². The maximum atomic E-state index is 12.6. The molecule has 0 aliphatic carbocycles. The van der Waals surface area contributed by atoms with Crippen molar-refractivity contribution < 1.29 is 13.2 Å². The highest BCUT2D eigenvalue weighted by atomic mass is 32.2. The first-order chi connectivity index (χ1) is 11.9. The highest BCUT2D eigenvalue weighted by Gasteiger charge is 2.35. The first-order valence-corrected chi connectivity index (χ1v) is 10.9. The number of likely N-dealkylation sites (tertiary alicyclic amines) is 1. The third-order valence-corrected chi connectivity index (χ3v) is 7.17. The number of piperidine rings is 1. The average molecular weight is 369 g/mol. The van der Waals surface area contributed by atoms with Crippen LogP contribution in [-0.2, 0) is 21.2 Å². The average Bonchev–Trinajstić information content (AvgIpc) is 3.23. The predicted molar refractivity (Wildman–Crippen MR) is 95.8 cm³/mol.